The number of unbranched alkanes of at least 4 members (excludes halogenated alkanes) is 3. The number of carbonyl (C=O) groups excluding carboxylic acids is 2. The molecule has 0 aliphatic heterocycles. The maximum Gasteiger partial charge on any atom is 0.155 e. The summed E-state index contributed by atoms with van der Waals surface area (Å²) in [6.45, 7) is 7.02. The van der Waals surface area contributed by atoms with E-state index in [1.54, 1.807) is 0 Å². The van der Waals surface area contributed by atoms with E-state index < -0.39 is 0 Å². The van der Waals surface area contributed by atoms with Crippen molar-refractivity contribution >= 4 is 11.6 Å². The predicted molar refractivity (Wildman–Crippen MR) is 109 cm³/mol. The minimum atomic E-state index is -0.0456. The van der Waals surface area contributed by atoms with Crippen LogP contribution in [0.4, 0.5) is 0 Å². The van der Waals surface area contributed by atoms with Crippen LogP contribution in [-0.4, -0.2) is 11.6 Å². The summed E-state index contributed by atoms with van der Waals surface area (Å²) < 4.78 is 0. The van der Waals surface area contributed by atoms with Gasteiger partial charge in [-0.25, -0.2) is 0 Å². The molecule has 0 aromatic carbocycles. The molecule has 4 aliphatic carbocycles. The normalized spacial score (nSPS) is 43.7. The van der Waals surface area contributed by atoms with Crippen molar-refractivity contribution in [2.75, 3.05) is 0 Å². The first-order valence-corrected chi connectivity index (χ1v) is 11.7. The summed E-state index contributed by atoms with van der Waals surface area (Å²) in [5, 5.41) is 0. The first-order valence-electron chi connectivity index (χ1n) is 11.7. The quantitative estimate of drug-likeness (QED) is 0.533. The molecule has 0 saturated heterocycles. The van der Waals surface area contributed by atoms with Crippen LogP contribution < -0.4 is 0 Å². The zero-order valence-corrected chi connectivity index (χ0v) is 17.7. The third-order valence-corrected chi connectivity index (χ3v) is 9.23. The van der Waals surface area contributed by atoms with Crippen LogP contribution in [0.15, 0.2) is 11.6 Å². The van der Waals surface area contributed by atoms with Crippen LogP contribution in [0.25, 0.3) is 0 Å². The van der Waals surface area contributed by atoms with Gasteiger partial charge in [-0.2, -0.15) is 0 Å². The van der Waals surface area contributed by atoms with Gasteiger partial charge >= 0.3 is 0 Å². The zero-order chi connectivity index (χ0) is 19.2. The lowest BCUT2D eigenvalue weighted by molar-refractivity contribution is -0.133. The molecule has 2 heteroatoms. The van der Waals surface area contributed by atoms with Crippen molar-refractivity contribution in [3.05, 3.63) is 11.6 Å². The molecule has 0 heterocycles. The van der Waals surface area contributed by atoms with Gasteiger partial charge in [0.05, 0.1) is 0 Å². The average Bonchev–Trinajstić information content (AvgIpc) is 2.95. The maximum atomic E-state index is 12.7. The molecule has 0 N–H and O–H groups in total. The smallest absolute Gasteiger partial charge is 0.155 e. The van der Waals surface area contributed by atoms with Crippen molar-refractivity contribution in [1.82, 2.24) is 0 Å². The SMILES string of the molecule is CCCCCC[C@@H]1C[C@@H]2[C@H](CC[C@]3(C)C(=O)CC[C@@H]23)[C@@]2(C)CCC(=O)C=C12. The molecule has 0 amide bonds. The van der Waals surface area contributed by atoms with Gasteiger partial charge in [0.2, 0.25) is 0 Å². The lowest BCUT2D eigenvalue weighted by Crippen LogP contribution is -2.52. The minimum absolute atomic E-state index is 0.0456. The molecular formula is C25H38O2. The number of allylic oxidation sites excluding steroid dienone is 1. The highest BCUT2D eigenvalue weighted by molar-refractivity contribution is 5.92. The molecule has 0 spiro atoms. The number of rotatable bonds is 5. The van der Waals surface area contributed by atoms with Gasteiger partial charge in [-0.3, -0.25) is 9.59 Å². The molecule has 27 heavy (non-hydrogen) atoms. The summed E-state index contributed by atoms with van der Waals surface area (Å²) >= 11 is 0. The standard InChI is InChI=1S/C25H38O2/c1-4-5-6-7-8-17-15-19-20-9-10-23(27)25(20,3)14-12-21(19)24(2)13-11-18(26)16-22(17)24/h16-17,19-21H,4-15H2,1-3H3/t17-,19+,20+,21+,24-,25+/m1/s1. The first kappa shape index (κ1) is 19.4. The first-order chi connectivity index (χ1) is 12.9. The van der Waals surface area contributed by atoms with Crippen LogP contribution in [0.2, 0.25) is 0 Å². The third-order valence-electron chi connectivity index (χ3n) is 9.23. The maximum absolute atomic E-state index is 12.7. The molecule has 3 fully saturated rings. The lowest BCUT2D eigenvalue weighted by Gasteiger charge is -2.59. The molecule has 150 valence electrons. The van der Waals surface area contributed by atoms with E-state index in [0.29, 0.717) is 35.2 Å². The fraction of sp³-hybridized carbons (Fsp3) is 0.840. The molecule has 0 aromatic heterocycles. The predicted octanol–water partition coefficient (Wildman–Crippen LogP) is 6.28. The van der Waals surface area contributed by atoms with E-state index >= 15 is 0 Å². The summed E-state index contributed by atoms with van der Waals surface area (Å²) in [6.07, 6.45) is 15.7. The van der Waals surface area contributed by atoms with Gasteiger partial charge in [0.1, 0.15) is 5.78 Å². The highest BCUT2D eigenvalue weighted by atomic mass is 16.1. The Bertz CT molecular complexity index is 647. The number of hydrogen-bond donors (Lipinski definition) is 0. The second-order valence-electron chi connectivity index (χ2n) is 10.6. The van der Waals surface area contributed by atoms with Crippen molar-refractivity contribution in [2.24, 2.45) is 34.5 Å². The van der Waals surface area contributed by atoms with Gasteiger partial charge in [0.15, 0.2) is 5.78 Å². The number of ketones is 2. The van der Waals surface area contributed by atoms with Gasteiger partial charge in [0, 0.05) is 18.3 Å². The number of fused-ring (bicyclic) bond motifs is 5. The summed E-state index contributed by atoms with van der Waals surface area (Å²) in [6, 6.07) is 0. The molecule has 0 radical (unpaired) electrons. The van der Waals surface area contributed by atoms with E-state index in [4.69, 9.17) is 0 Å². The van der Waals surface area contributed by atoms with Gasteiger partial charge < -0.3 is 0 Å². The number of carbonyl (C=O) groups is 2. The van der Waals surface area contributed by atoms with E-state index in [-0.39, 0.29) is 10.8 Å². The Morgan fingerprint density at radius 2 is 1.74 bits per heavy atom. The van der Waals surface area contributed by atoms with E-state index in [2.05, 4.69) is 26.8 Å². The monoisotopic (exact) mass is 370 g/mol. The van der Waals surface area contributed by atoms with Crippen LogP contribution in [-0.2, 0) is 9.59 Å². The van der Waals surface area contributed by atoms with Crippen LogP contribution in [0.1, 0.15) is 97.8 Å². The Hall–Kier alpha value is -0.920. The third kappa shape index (κ3) is 3.06. The average molecular weight is 371 g/mol. The van der Waals surface area contributed by atoms with Gasteiger partial charge in [-0.1, -0.05) is 52.0 Å². The molecule has 6 atom stereocenters. The van der Waals surface area contributed by atoms with Crippen LogP contribution in [0.3, 0.4) is 0 Å². The molecule has 0 bridgehead atoms. The van der Waals surface area contributed by atoms with Gasteiger partial charge in [0.25, 0.3) is 0 Å². The lowest BCUT2D eigenvalue weighted by atomic mass is 9.45. The topological polar surface area (TPSA) is 34.1 Å². The molecule has 4 aliphatic rings. The summed E-state index contributed by atoms with van der Waals surface area (Å²) in [5.74, 6) is 3.45. The second kappa shape index (κ2) is 7.16. The van der Waals surface area contributed by atoms with Crippen LogP contribution >= 0.6 is 0 Å². The molecule has 0 unspecified atom stereocenters. The molecule has 0 aromatic rings. The minimum Gasteiger partial charge on any atom is -0.299 e. The second-order valence-corrected chi connectivity index (χ2v) is 10.6. The Labute approximate surface area is 165 Å². The number of hydrogen-bond acceptors (Lipinski definition) is 2. The Morgan fingerprint density at radius 1 is 0.963 bits per heavy atom. The van der Waals surface area contributed by atoms with Crippen molar-refractivity contribution in [3.63, 3.8) is 0 Å². The fourth-order valence-electron chi connectivity index (χ4n) is 7.65. The van der Waals surface area contributed by atoms with Gasteiger partial charge in [-0.05, 0) is 73.7 Å². The Morgan fingerprint density at radius 3 is 2.52 bits per heavy atom. The largest absolute Gasteiger partial charge is 0.299 e. The van der Waals surface area contributed by atoms with Gasteiger partial charge in [-0.15, -0.1) is 0 Å². The zero-order valence-electron chi connectivity index (χ0n) is 17.7. The van der Waals surface area contributed by atoms with E-state index in [1.807, 2.05) is 0 Å². The van der Waals surface area contributed by atoms with Crippen molar-refractivity contribution in [1.29, 1.82) is 0 Å². The summed E-state index contributed by atoms with van der Waals surface area (Å²) in [7, 11) is 0. The van der Waals surface area contributed by atoms with Crippen LogP contribution in [0, 0.1) is 34.5 Å². The fourth-order valence-corrected chi connectivity index (χ4v) is 7.65. The molecule has 2 nitrogen and oxygen atoms in total. The van der Waals surface area contributed by atoms with Crippen molar-refractivity contribution < 1.29 is 9.59 Å². The highest BCUT2D eigenvalue weighted by Gasteiger charge is 2.60. The number of Topliss-reactive ketones (excluding diaryl/α,β-unsaturated/α-hetero) is 1. The van der Waals surface area contributed by atoms with E-state index in [9.17, 15) is 9.59 Å². The van der Waals surface area contributed by atoms with Crippen LogP contribution in [0.5, 0.6) is 0 Å². The van der Waals surface area contributed by atoms with Crippen molar-refractivity contribution in [3.8, 4) is 0 Å². The van der Waals surface area contributed by atoms with E-state index in [1.165, 1.54) is 50.5 Å². The Balaban J connectivity index is 1.63. The van der Waals surface area contributed by atoms with Crippen molar-refractivity contribution in [2.45, 2.75) is 97.8 Å². The molecular weight excluding hydrogens is 332 g/mol. The summed E-state index contributed by atoms with van der Waals surface area (Å²) in [4.78, 5) is 25.0. The summed E-state index contributed by atoms with van der Waals surface area (Å²) in [5.41, 5.74) is 1.67. The molecule has 4 rings (SSSR count). The highest BCUT2D eigenvalue weighted by Crippen LogP contribution is 2.65. The Kier molecular flexibility index (Phi) is 5.14. The molecule has 3 saturated carbocycles. The van der Waals surface area contributed by atoms with E-state index in [0.717, 1.165) is 32.1 Å².